The van der Waals surface area contributed by atoms with Crippen LogP contribution in [0, 0.1) is 5.92 Å². The lowest BCUT2D eigenvalue weighted by atomic mass is 9.95. The predicted molar refractivity (Wildman–Crippen MR) is 82.7 cm³/mol. The molecular weight excluding hydrogens is 339 g/mol. The number of allylic oxidation sites excluding steroid dienone is 1. The van der Waals surface area contributed by atoms with Crippen LogP contribution in [0.25, 0.3) is 0 Å². The Morgan fingerprint density at radius 2 is 2.00 bits per heavy atom. The largest absolute Gasteiger partial charge is 0.529 e. The zero-order valence-electron chi connectivity index (χ0n) is 13.9. The van der Waals surface area contributed by atoms with E-state index in [1.54, 1.807) is 19.9 Å². The first-order valence-corrected chi connectivity index (χ1v) is 9.19. The minimum Gasteiger partial charge on any atom is -0.466 e. The molecule has 134 valence electrons. The van der Waals surface area contributed by atoms with Crippen LogP contribution in [0.15, 0.2) is 23.5 Å². The summed E-state index contributed by atoms with van der Waals surface area (Å²) >= 11 is 0. The lowest BCUT2D eigenvalue weighted by Gasteiger charge is -2.20. The maximum atomic E-state index is 12.6. The van der Waals surface area contributed by atoms with Crippen molar-refractivity contribution in [3.8, 4) is 0 Å². The van der Waals surface area contributed by atoms with Crippen molar-refractivity contribution in [1.29, 1.82) is 0 Å². The number of rotatable bonds is 8. The molecule has 2 unspecified atom stereocenters. The number of cyclic esters (lactones) is 1. The molecular formula is C15H21O8P. The van der Waals surface area contributed by atoms with E-state index in [4.69, 9.17) is 23.0 Å². The number of ether oxygens (including phenoxy) is 2. The Balaban J connectivity index is 2.29. The molecule has 0 aromatic carbocycles. The van der Waals surface area contributed by atoms with Gasteiger partial charge in [0.15, 0.2) is 0 Å². The van der Waals surface area contributed by atoms with Crippen LogP contribution >= 0.6 is 7.82 Å². The van der Waals surface area contributed by atoms with Crippen molar-refractivity contribution in [2.24, 2.45) is 5.92 Å². The highest BCUT2D eigenvalue weighted by atomic mass is 31.2. The van der Waals surface area contributed by atoms with Gasteiger partial charge in [-0.05, 0) is 26.3 Å². The Kier molecular flexibility index (Phi) is 6.21. The first kappa shape index (κ1) is 18.7. The normalized spacial score (nSPS) is 23.5. The van der Waals surface area contributed by atoms with Crippen LogP contribution in [0.2, 0.25) is 0 Å². The van der Waals surface area contributed by atoms with Gasteiger partial charge < -0.3 is 14.0 Å². The fourth-order valence-electron chi connectivity index (χ4n) is 2.71. The van der Waals surface area contributed by atoms with E-state index in [0.717, 1.165) is 0 Å². The molecule has 0 fully saturated rings. The van der Waals surface area contributed by atoms with Gasteiger partial charge in [-0.25, -0.2) is 14.2 Å². The Morgan fingerprint density at radius 1 is 1.33 bits per heavy atom. The highest BCUT2D eigenvalue weighted by molar-refractivity contribution is 7.48. The van der Waals surface area contributed by atoms with Gasteiger partial charge in [0.2, 0.25) is 0 Å². The topological polar surface area (TPSA) is 97.4 Å². The first-order valence-electron chi connectivity index (χ1n) is 7.73. The molecule has 0 saturated heterocycles. The van der Waals surface area contributed by atoms with E-state index in [1.807, 2.05) is 0 Å². The van der Waals surface area contributed by atoms with Gasteiger partial charge in [0.1, 0.15) is 11.9 Å². The van der Waals surface area contributed by atoms with Crippen molar-refractivity contribution in [2.45, 2.75) is 32.8 Å². The van der Waals surface area contributed by atoms with Crippen LogP contribution in [0.4, 0.5) is 0 Å². The first-order chi connectivity index (χ1) is 11.4. The molecule has 2 atom stereocenters. The van der Waals surface area contributed by atoms with E-state index in [9.17, 15) is 14.2 Å². The second-order valence-corrected chi connectivity index (χ2v) is 6.70. The fourth-order valence-corrected chi connectivity index (χ4v) is 3.99. The van der Waals surface area contributed by atoms with E-state index in [2.05, 4.69) is 0 Å². The van der Waals surface area contributed by atoms with Crippen LogP contribution < -0.4 is 0 Å². The summed E-state index contributed by atoms with van der Waals surface area (Å²) in [6.07, 6.45) is 3.14. The minimum atomic E-state index is -3.82. The van der Waals surface area contributed by atoms with Crippen molar-refractivity contribution >= 4 is 19.8 Å². The van der Waals surface area contributed by atoms with Gasteiger partial charge in [0.05, 0.1) is 25.9 Å². The lowest BCUT2D eigenvalue weighted by Crippen LogP contribution is -2.24. The average Bonchev–Trinajstić information content (AvgIpc) is 3.13. The summed E-state index contributed by atoms with van der Waals surface area (Å²) in [4.78, 5) is 23.5. The van der Waals surface area contributed by atoms with E-state index < -0.39 is 31.8 Å². The quantitative estimate of drug-likeness (QED) is 0.481. The number of methoxy groups -OCH3 is 1. The number of phosphoric acid groups is 1. The van der Waals surface area contributed by atoms with Gasteiger partial charge in [-0.15, -0.1) is 0 Å². The van der Waals surface area contributed by atoms with Crippen molar-refractivity contribution in [2.75, 3.05) is 20.3 Å². The van der Waals surface area contributed by atoms with E-state index in [1.165, 1.54) is 13.2 Å². The molecule has 24 heavy (non-hydrogen) atoms. The Morgan fingerprint density at radius 3 is 2.50 bits per heavy atom. The van der Waals surface area contributed by atoms with Crippen molar-refractivity contribution < 1.29 is 37.2 Å². The Labute approximate surface area is 140 Å². The number of hydrogen-bond acceptors (Lipinski definition) is 8. The summed E-state index contributed by atoms with van der Waals surface area (Å²) in [6.45, 7) is 3.57. The van der Waals surface area contributed by atoms with Crippen LogP contribution in [-0.4, -0.2) is 38.4 Å². The maximum Gasteiger partial charge on any atom is 0.529 e. The molecule has 2 aliphatic rings. The van der Waals surface area contributed by atoms with Crippen molar-refractivity contribution in [1.82, 2.24) is 0 Å². The van der Waals surface area contributed by atoms with Crippen LogP contribution in [-0.2, 0) is 37.2 Å². The molecule has 0 saturated carbocycles. The maximum absolute atomic E-state index is 12.6. The van der Waals surface area contributed by atoms with Gasteiger partial charge in [0, 0.05) is 18.4 Å². The van der Waals surface area contributed by atoms with Crippen LogP contribution in [0.1, 0.15) is 26.7 Å². The zero-order chi connectivity index (χ0) is 17.7. The summed E-state index contributed by atoms with van der Waals surface area (Å²) in [5.74, 6) is -1.32. The summed E-state index contributed by atoms with van der Waals surface area (Å²) in [5, 5.41) is 0. The van der Waals surface area contributed by atoms with Gasteiger partial charge in [-0.1, -0.05) is 0 Å². The van der Waals surface area contributed by atoms with Gasteiger partial charge in [0.25, 0.3) is 0 Å². The van der Waals surface area contributed by atoms with Crippen molar-refractivity contribution in [3.63, 3.8) is 0 Å². The molecule has 2 rings (SSSR count). The number of carbonyl (C=O) groups excluding carboxylic acids is 2. The molecule has 0 bridgehead atoms. The fraction of sp³-hybridized carbons (Fsp3) is 0.600. The van der Waals surface area contributed by atoms with Crippen LogP contribution in [0.5, 0.6) is 0 Å². The van der Waals surface area contributed by atoms with Crippen molar-refractivity contribution in [3.05, 3.63) is 23.5 Å². The molecule has 0 aromatic heterocycles. The minimum absolute atomic E-state index is 0.129. The lowest BCUT2D eigenvalue weighted by molar-refractivity contribution is -0.142. The van der Waals surface area contributed by atoms with E-state index in [-0.39, 0.29) is 24.5 Å². The Bertz CT molecular complexity index is 599. The van der Waals surface area contributed by atoms with Gasteiger partial charge >= 0.3 is 19.8 Å². The second-order valence-electron chi connectivity index (χ2n) is 5.11. The average molecular weight is 360 g/mol. The van der Waals surface area contributed by atoms with Crippen LogP contribution in [0.3, 0.4) is 0 Å². The SMILES string of the molecule is CCOP(=O)(OCC)OC1=C(C(=O)OC)C(C2C=CC(=O)O2)CC1. The van der Waals surface area contributed by atoms with Gasteiger partial charge in [-0.2, -0.15) is 0 Å². The highest BCUT2D eigenvalue weighted by Crippen LogP contribution is 2.54. The summed E-state index contributed by atoms with van der Waals surface area (Å²) in [6, 6.07) is 0. The number of esters is 2. The van der Waals surface area contributed by atoms with E-state index >= 15 is 0 Å². The summed E-state index contributed by atoms with van der Waals surface area (Å²) < 4.78 is 38.2. The molecule has 1 aliphatic heterocycles. The predicted octanol–water partition coefficient (Wildman–Crippen LogP) is 2.50. The zero-order valence-corrected chi connectivity index (χ0v) is 14.7. The molecule has 9 heteroatoms. The third kappa shape index (κ3) is 4.06. The highest BCUT2D eigenvalue weighted by Gasteiger charge is 2.42. The third-order valence-electron chi connectivity index (χ3n) is 3.63. The third-order valence-corrected chi connectivity index (χ3v) is 5.22. The monoisotopic (exact) mass is 360 g/mol. The number of phosphoric ester groups is 1. The molecule has 0 N–H and O–H groups in total. The molecule has 0 aromatic rings. The Hall–Kier alpha value is -1.63. The molecule has 0 spiro atoms. The molecule has 1 heterocycles. The smallest absolute Gasteiger partial charge is 0.466 e. The van der Waals surface area contributed by atoms with Gasteiger partial charge in [-0.3, -0.25) is 9.05 Å². The summed E-state index contributed by atoms with van der Waals surface area (Å²) in [7, 11) is -2.58. The molecule has 0 amide bonds. The van der Waals surface area contributed by atoms with E-state index in [0.29, 0.717) is 12.8 Å². The summed E-state index contributed by atoms with van der Waals surface area (Å²) in [5.41, 5.74) is 0.196. The molecule has 0 radical (unpaired) electrons. The number of hydrogen-bond donors (Lipinski definition) is 0. The second kappa shape index (κ2) is 7.96. The molecule has 8 nitrogen and oxygen atoms in total. The number of carbonyl (C=O) groups is 2. The standard InChI is InChI=1S/C15H21O8P/c1-4-20-24(18,21-5-2)23-12-7-6-10(14(12)15(17)19-3)11-8-9-13(16)22-11/h8-11H,4-7H2,1-3H3. The molecule has 1 aliphatic carbocycles.